The minimum absolute atomic E-state index is 0.0646. The molecule has 0 saturated carbocycles. The van der Waals surface area contributed by atoms with Gasteiger partial charge in [-0.25, -0.2) is 4.68 Å². The van der Waals surface area contributed by atoms with Crippen LogP contribution in [-0.4, -0.2) is 28.6 Å². The van der Waals surface area contributed by atoms with Gasteiger partial charge in [-0.2, -0.15) is 8.42 Å². The van der Waals surface area contributed by atoms with Gasteiger partial charge in [-0.1, -0.05) is 17.7 Å². The van der Waals surface area contributed by atoms with E-state index < -0.39 is 10.1 Å². The number of tetrazole rings is 1. The molecule has 3 aromatic rings. The zero-order valence-corrected chi connectivity index (χ0v) is 13.5. The first-order valence-electron chi connectivity index (χ1n) is 6.50. The van der Waals surface area contributed by atoms with E-state index in [2.05, 4.69) is 15.5 Å². The van der Waals surface area contributed by atoms with Crippen LogP contribution in [0.25, 0.3) is 5.69 Å². The lowest BCUT2D eigenvalue weighted by atomic mass is 10.2. The van der Waals surface area contributed by atoms with Crippen molar-refractivity contribution in [2.45, 2.75) is 11.8 Å². The van der Waals surface area contributed by atoms with E-state index in [0.29, 0.717) is 16.3 Å². The number of rotatable bonds is 4. The molecule has 3 rings (SSSR count). The average Bonchev–Trinajstić information content (AvgIpc) is 3.00. The average molecular weight is 351 g/mol. The summed E-state index contributed by atoms with van der Waals surface area (Å²) in [7, 11) is -3.97. The molecule has 0 amide bonds. The Morgan fingerprint density at radius 2 is 2.00 bits per heavy atom. The first-order valence-corrected chi connectivity index (χ1v) is 8.28. The highest BCUT2D eigenvalue weighted by Crippen LogP contribution is 2.24. The number of aryl methyl sites for hydroxylation is 1. The van der Waals surface area contributed by atoms with Crippen LogP contribution in [0.1, 0.15) is 5.56 Å². The van der Waals surface area contributed by atoms with Crippen molar-refractivity contribution in [3.8, 4) is 11.4 Å². The van der Waals surface area contributed by atoms with Crippen molar-refractivity contribution in [1.29, 1.82) is 0 Å². The fourth-order valence-corrected chi connectivity index (χ4v) is 3.38. The van der Waals surface area contributed by atoms with E-state index in [9.17, 15) is 8.42 Å². The Hall–Kier alpha value is -2.45. The van der Waals surface area contributed by atoms with Crippen LogP contribution in [0.15, 0.2) is 53.7 Å². The molecular weight excluding hydrogens is 340 g/mol. The molecule has 0 aliphatic rings. The summed E-state index contributed by atoms with van der Waals surface area (Å²) in [6.07, 6.45) is 1.40. The van der Waals surface area contributed by atoms with Gasteiger partial charge < -0.3 is 4.18 Å². The van der Waals surface area contributed by atoms with Crippen LogP contribution in [0.4, 0.5) is 0 Å². The quantitative estimate of drug-likeness (QED) is 0.671. The zero-order valence-electron chi connectivity index (χ0n) is 11.9. The van der Waals surface area contributed by atoms with Gasteiger partial charge in [-0.15, -0.1) is 5.10 Å². The number of benzene rings is 2. The number of hydrogen-bond donors (Lipinski definition) is 0. The summed E-state index contributed by atoms with van der Waals surface area (Å²) < 4.78 is 31.4. The summed E-state index contributed by atoms with van der Waals surface area (Å²) in [5.41, 5.74) is 1.09. The molecule has 0 aliphatic heterocycles. The van der Waals surface area contributed by atoms with Crippen LogP contribution < -0.4 is 4.18 Å². The van der Waals surface area contributed by atoms with E-state index in [1.54, 1.807) is 25.1 Å². The van der Waals surface area contributed by atoms with Gasteiger partial charge in [0, 0.05) is 11.1 Å². The molecule has 0 bridgehead atoms. The van der Waals surface area contributed by atoms with Crippen molar-refractivity contribution in [3.05, 3.63) is 59.4 Å². The second-order valence-corrected chi connectivity index (χ2v) is 6.65. The van der Waals surface area contributed by atoms with Crippen LogP contribution in [0, 0.1) is 6.92 Å². The summed E-state index contributed by atoms with van der Waals surface area (Å²) in [4.78, 5) is 0.0646. The van der Waals surface area contributed by atoms with Gasteiger partial charge >= 0.3 is 10.1 Å². The molecule has 0 atom stereocenters. The van der Waals surface area contributed by atoms with Crippen molar-refractivity contribution in [2.24, 2.45) is 0 Å². The molecule has 0 saturated heterocycles. The van der Waals surface area contributed by atoms with Crippen molar-refractivity contribution < 1.29 is 12.6 Å². The minimum Gasteiger partial charge on any atom is -0.379 e. The van der Waals surface area contributed by atoms with Crippen LogP contribution >= 0.6 is 11.6 Å². The van der Waals surface area contributed by atoms with Gasteiger partial charge in [-0.05, 0) is 53.2 Å². The Morgan fingerprint density at radius 3 is 2.70 bits per heavy atom. The number of halogens is 1. The highest BCUT2D eigenvalue weighted by molar-refractivity contribution is 7.87. The maximum atomic E-state index is 12.4. The summed E-state index contributed by atoms with van der Waals surface area (Å²) >= 11 is 5.85. The van der Waals surface area contributed by atoms with Crippen LogP contribution in [0.2, 0.25) is 5.02 Å². The summed E-state index contributed by atoms with van der Waals surface area (Å²) in [6, 6.07) is 10.9. The van der Waals surface area contributed by atoms with Gasteiger partial charge in [-0.3, -0.25) is 0 Å². The van der Waals surface area contributed by atoms with E-state index in [4.69, 9.17) is 15.8 Å². The van der Waals surface area contributed by atoms with Crippen LogP contribution in [0.5, 0.6) is 5.75 Å². The second-order valence-electron chi connectivity index (χ2n) is 4.70. The highest BCUT2D eigenvalue weighted by Gasteiger charge is 2.19. The predicted octanol–water partition coefficient (Wildman–Crippen LogP) is 2.39. The lowest BCUT2D eigenvalue weighted by Gasteiger charge is -2.10. The summed E-state index contributed by atoms with van der Waals surface area (Å²) in [5.74, 6) is 0.160. The number of nitrogens with zero attached hydrogens (tertiary/aromatic N) is 4. The van der Waals surface area contributed by atoms with Gasteiger partial charge in [0.15, 0.2) is 0 Å². The van der Waals surface area contributed by atoms with Crippen LogP contribution in [-0.2, 0) is 10.1 Å². The molecule has 0 N–H and O–H groups in total. The Bertz CT molecular complexity index is 942. The first kappa shape index (κ1) is 15.4. The fourth-order valence-electron chi connectivity index (χ4n) is 2.02. The van der Waals surface area contributed by atoms with Gasteiger partial charge in [0.05, 0.1) is 5.69 Å². The monoisotopic (exact) mass is 350 g/mol. The number of hydrogen-bond acceptors (Lipinski definition) is 6. The molecular formula is C14H11ClN4O3S. The maximum absolute atomic E-state index is 12.4. The third-order valence-electron chi connectivity index (χ3n) is 3.04. The Kier molecular flexibility index (Phi) is 4.01. The molecule has 7 nitrogen and oxygen atoms in total. The van der Waals surface area contributed by atoms with Crippen LogP contribution in [0.3, 0.4) is 0 Å². The molecule has 1 aromatic heterocycles. The topological polar surface area (TPSA) is 87.0 Å². The summed E-state index contributed by atoms with van der Waals surface area (Å²) in [6.45, 7) is 1.65. The van der Waals surface area contributed by atoms with Gasteiger partial charge in [0.1, 0.15) is 17.0 Å². The van der Waals surface area contributed by atoms with E-state index in [0.717, 1.165) is 0 Å². The molecule has 0 aliphatic carbocycles. The van der Waals surface area contributed by atoms with Crippen molar-refractivity contribution in [2.75, 3.05) is 0 Å². The fraction of sp³-hybridized carbons (Fsp3) is 0.0714. The minimum atomic E-state index is -3.97. The van der Waals surface area contributed by atoms with Gasteiger partial charge in [0.25, 0.3) is 0 Å². The van der Waals surface area contributed by atoms with E-state index in [1.165, 1.54) is 35.3 Å². The zero-order chi connectivity index (χ0) is 16.4. The Morgan fingerprint density at radius 1 is 1.17 bits per heavy atom. The molecule has 0 spiro atoms. The Labute approximate surface area is 137 Å². The third-order valence-corrected chi connectivity index (χ3v) is 4.69. The maximum Gasteiger partial charge on any atom is 0.339 e. The molecule has 9 heteroatoms. The molecule has 2 aromatic carbocycles. The van der Waals surface area contributed by atoms with Crippen molar-refractivity contribution in [1.82, 2.24) is 20.2 Å². The number of aromatic nitrogens is 4. The van der Waals surface area contributed by atoms with E-state index in [-0.39, 0.29) is 10.6 Å². The lowest BCUT2D eigenvalue weighted by molar-refractivity contribution is 0.485. The lowest BCUT2D eigenvalue weighted by Crippen LogP contribution is -2.11. The van der Waals surface area contributed by atoms with Gasteiger partial charge in [0.2, 0.25) is 0 Å². The molecule has 0 unspecified atom stereocenters. The predicted molar refractivity (Wildman–Crippen MR) is 83.2 cm³/mol. The molecule has 23 heavy (non-hydrogen) atoms. The molecule has 0 fully saturated rings. The highest BCUT2D eigenvalue weighted by atomic mass is 35.5. The van der Waals surface area contributed by atoms with E-state index >= 15 is 0 Å². The van der Waals surface area contributed by atoms with E-state index in [1.807, 2.05) is 0 Å². The largest absolute Gasteiger partial charge is 0.379 e. The normalized spacial score (nSPS) is 11.4. The second kappa shape index (κ2) is 5.98. The Balaban J connectivity index is 1.93. The molecule has 0 radical (unpaired) electrons. The third kappa shape index (κ3) is 3.33. The molecule has 1 heterocycles. The SMILES string of the molecule is Cc1cc(Cl)ccc1S(=O)(=O)Oc1cccc(-n2cnnn2)c1. The smallest absolute Gasteiger partial charge is 0.339 e. The van der Waals surface area contributed by atoms with Crippen molar-refractivity contribution >= 4 is 21.7 Å². The summed E-state index contributed by atoms with van der Waals surface area (Å²) in [5, 5.41) is 11.3. The first-order chi connectivity index (χ1) is 11.0. The standard InChI is InChI=1S/C14H11ClN4O3S/c1-10-7-11(15)5-6-14(10)23(20,21)22-13-4-2-3-12(8-13)19-9-16-17-18-19/h2-9H,1H3. The molecule has 118 valence electrons. The van der Waals surface area contributed by atoms with Crippen molar-refractivity contribution in [3.63, 3.8) is 0 Å².